The number of rotatable bonds is 6. The largest absolute Gasteiger partial charge is 0.456 e. The van der Waals surface area contributed by atoms with Crippen LogP contribution < -0.4 is 5.32 Å². The first-order valence-corrected chi connectivity index (χ1v) is 17.3. The lowest BCUT2D eigenvalue weighted by Crippen LogP contribution is -1.95. The average molecular weight is 653 g/mol. The van der Waals surface area contributed by atoms with Gasteiger partial charge in [-0.05, 0) is 101 Å². The highest BCUT2D eigenvalue weighted by Crippen LogP contribution is 2.40. The van der Waals surface area contributed by atoms with E-state index in [-0.39, 0.29) is 0 Å². The minimum absolute atomic E-state index is 0.890. The Morgan fingerprint density at radius 1 is 0.373 bits per heavy atom. The summed E-state index contributed by atoms with van der Waals surface area (Å²) in [6.45, 7) is 0. The van der Waals surface area contributed by atoms with Crippen molar-refractivity contribution in [3.05, 3.63) is 188 Å². The molecule has 0 spiro atoms. The van der Waals surface area contributed by atoms with Crippen LogP contribution in [0.2, 0.25) is 0 Å². The van der Waals surface area contributed by atoms with Crippen molar-refractivity contribution >= 4 is 55.1 Å². The molecule has 10 aromatic rings. The SMILES string of the molecule is c1ccc(-c2cccc(Nc3ccc(-c4ccc5c(c4)c4ccccc4n5-c4ccccc4)cc3-c3ccc4oc5ccccc5c4c3)c2)cc1. The second-order valence-electron chi connectivity index (χ2n) is 13.1. The second-order valence-corrected chi connectivity index (χ2v) is 13.1. The molecular formula is C48H32N2O. The van der Waals surface area contributed by atoms with Crippen molar-refractivity contribution in [3.8, 4) is 39.1 Å². The molecule has 0 aliphatic rings. The summed E-state index contributed by atoms with van der Waals surface area (Å²) < 4.78 is 8.57. The Kier molecular flexibility index (Phi) is 6.81. The number of furan rings is 1. The van der Waals surface area contributed by atoms with Crippen LogP contribution in [0.3, 0.4) is 0 Å². The number of anilines is 2. The molecular weight excluding hydrogens is 621 g/mol. The van der Waals surface area contributed by atoms with Gasteiger partial charge in [-0.2, -0.15) is 0 Å². The Bertz CT molecular complexity index is 2880. The number of nitrogens with zero attached hydrogens (tertiary/aromatic N) is 1. The van der Waals surface area contributed by atoms with Gasteiger partial charge in [-0.25, -0.2) is 0 Å². The summed E-state index contributed by atoms with van der Waals surface area (Å²) in [5.74, 6) is 0. The summed E-state index contributed by atoms with van der Waals surface area (Å²) in [6.07, 6.45) is 0. The lowest BCUT2D eigenvalue weighted by atomic mass is 9.95. The van der Waals surface area contributed by atoms with Gasteiger partial charge in [0.05, 0.1) is 11.0 Å². The topological polar surface area (TPSA) is 30.1 Å². The zero-order valence-electron chi connectivity index (χ0n) is 27.8. The second kappa shape index (κ2) is 11.9. The van der Waals surface area contributed by atoms with Crippen LogP contribution in [0.1, 0.15) is 0 Å². The number of hydrogen-bond acceptors (Lipinski definition) is 2. The highest BCUT2D eigenvalue weighted by atomic mass is 16.3. The van der Waals surface area contributed by atoms with Crippen LogP contribution >= 0.6 is 0 Å². The maximum absolute atomic E-state index is 6.21. The van der Waals surface area contributed by atoms with E-state index in [1.165, 1.54) is 38.5 Å². The standard InChI is InChI=1S/C48H32N2O/c1-3-12-32(13-4-1)33-14-11-15-37(28-33)49-44-25-22-34(29-41(44)36-24-27-48-43(31-36)40-19-8-10-21-47(40)51-48)35-23-26-46-42(30-35)39-18-7-9-20-45(39)50(46)38-16-5-2-6-17-38/h1-31,49H. The zero-order valence-corrected chi connectivity index (χ0v) is 27.8. The van der Waals surface area contributed by atoms with Gasteiger partial charge < -0.3 is 14.3 Å². The Hall–Kier alpha value is -6.84. The van der Waals surface area contributed by atoms with Gasteiger partial charge in [0.1, 0.15) is 11.2 Å². The van der Waals surface area contributed by atoms with Crippen molar-refractivity contribution < 1.29 is 4.42 Å². The summed E-state index contributed by atoms with van der Waals surface area (Å²) in [5.41, 5.74) is 14.4. The fourth-order valence-electron chi connectivity index (χ4n) is 7.54. The van der Waals surface area contributed by atoms with Crippen LogP contribution in [0.25, 0.3) is 82.8 Å². The molecule has 0 fully saturated rings. The van der Waals surface area contributed by atoms with Crippen molar-refractivity contribution in [2.45, 2.75) is 0 Å². The fourth-order valence-corrected chi connectivity index (χ4v) is 7.54. The average Bonchev–Trinajstić information content (AvgIpc) is 3.74. The van der Waals surface area contributed by atoms with Crippen LogP contribution in [-0.2, 0) is 0 Å². The van der Waals surface area contributed by atoms with E-state index in [1.807, 2.05) is 12.1 Å². The molecule has 0 saturated carbocycles. The molecule has 3 heteroatoms. The predicted octanol–water partition coefficient (Wildman–Crippen LogP) is 13.4. The quantitative estimate of drug-likeness (QED) is 0.194. The molecule has 10 rings (SSSR count). The monoisotopic (exact) mass is 652 g/mol. The smallest absolute Gasteiger partial charge is 0.135 e. The van der Waals surface area contributed by atoms with E-state index in [0.717, 1.165) is 55.7 Å². The van der Waals surface area contributed by atoms with Crippen molar-refractivity contribution in [1.82, 2.24) is 4.57 Å². The Morgan fingerprint density at radius 2 is 1.00 bits per heavy atom. The summed E-state index contributed by atoms with van der Waals surface area (Å²) in [6, 6.07) is 66.9. The normalized spacial score (nSPS) is 11.5. The lowest BCUT2D eigenvalue weighted by molar-refractivity contribution is 0.669. The van der Waals surface area contributed by atoms with Gasteiger partial charge in [-0.1, -0.05) is 115 Å². The number of nitrogens with one attached hydrogen (secondary N) is 1. The van der Waals surface area contributed by atoms with Crippen LogP contribution in [0.4, 0.5) is 11.4 Å². The third-order valence-electron chi connectivity index (χ3n) is 9.98. The fraction of sp³-hybridized carbons (Fsp3) is 0. The van der Waals surface area contributed by atoms with Crippen LogP contribution in [0, 0.1) is 0 Å². The molecule has 0 unspecified atom stereocenters. The first-order valence-electron chi connectivity index (χ1n) is 17.3. The first kappa shape index (κ1) is 29.1. The van der Waals surface area contributed by atoms with E-state index < -0.39 is 0 Å². The molecule has 0 atom stereocenters. The number of hydrogen-bond donors (Lipinski definition) is 1. The highest BCUT2D eigenvalue weighted by Gasteiger charge is 2.16. The Balaban J connectivity index is 1.13. The van der Waals surface area contributed by atoms with Gasteiger partial charge in [0, 0.05) is 44.2 Å². The molecule has 1 N–H and O–H groups in total. The molecule has 51 heavy (non-hydrogen) atoms. The van der Waals surface area contributed by atoms with E-state index in [9.17, 15) is 0 Å². The van der Waals surface area contributed by atoms with Crippen LogP contribution in [0.5, 0.6) is 0 Å². The number of benzene rings is 8. The van der Waals surface area contributed by atoms with Crippen molar-refractivity contribution in [1.29, 1.82) is 0 Å². The number of para-hydroxylation sites is 3. The molecule has 0 bridgehead atoms. The Labute approximate surface area is 295 Å². The van der Waals surface area contributed by atoms with E-state index in [0.29, 0.717) is 0 Å². The molecule has 2 aromatic heterocycles. The molecule has 0 saturated heterocycles. The van der Waals surface area contributed by atoms with Gasteiger partial charge in [0.2, 0.25) is 0 Å². The third-order valence-corrected chi connectivity index (χ3v) is 9.98. The van der Waals surface area contributed by atoms with Gasteiger partial charge in [-0.15, -0.1) is 0 Å². The molecule has 0 aliphatic heterocycles. The summed E-state index contributed by atoms with van der Waals surface area (Å²) >= 11 is 0. The molecule has 0 amide bonds. The van der Waals surface area contributed by atoms with E-state index >= 15 is 0 Å². The van der Waals surface area contributed by atoms with Crippen LogP contribution in [0.15, 0.2) is 192 Å². The minimum atomic E-state index is 0.890. The van der Waals surface area contributed by atoms with Gasteiger partial charge >= 0.3 is 0 Å². The summed E-state index contributed by atoms with van der Waals surface area (Å²) in [4.78, 5) is 0. The van der Waals surface area contributed by atoms with Crippen molar-refractivity contribution in [2.24, 2.45) is 0 Å². The molecule has 8 aromatic carbocycles. The maximum atomic E-state index is 6.21. The van der Waals surface area contributed by atoms with Crippen molar-refractivity contribution in [2.75, 3.05) is 5.32 Å². The predicted molar refractivity (Wildman–Crippen MR) is 214 cm³/mol. The molecule has 3 nitrogen and oxygen atoms in total. The number of aromatic nitrogens is 1. The highest BCUT2D eigenvalue weighted by molar-refractivity contribution is 6.11. The molecule has 0 radical (unpaired) electrons. The molecule has 2 heterocycles. The van der Waals surface area contributed by atoms with Crippen molar-refractivity contribution in [3.63, 3.8) is 0 Å². The molecule has 240 valence electrons. The zero-order chi connectivity index (χ0) is 33.7. The van der Waals surface area contributed by atoms with E-state index in [4.69, 9.17) is 4.42 Å². The number of fused-ring (bicyclic) bond motifs is 6. The maximum Gasteiger partial charge on any atom is 0.135 e. The van der Waals surface area contributed by atoms with E-state index in [1.54, 1.807) is 0 Å². The van der Waals surface area contributed by atoms with Gasteiger partial charge in [-0.3, -0.25) is 0 Å². The molecule has 0 aliphatic carbocycles. The minimum Gasteiger partial charge on any atom is -0.456 e. The lowest BCUT2D eigenvalue weighted by Gasteiger charge is -2.16. The Morgan fingerprint density at radius 3 is 1.88 bits per heavy atom. The van der Waals surface area contributed by atoms with E-state index in [2.05, 4.69) is 186 Å². The van der Waals surface area contributed by atoms with Gasteiger partial charge in [0.25, 0.3) is 0 Å². The third kappa shape index (κ3) is 5.06. The summed E-state index contributed by atoms with van der Waals surface area (Å²) in [5, 5.41) is 8.50. The van der Waals surface area contributed by atoms with Crippen LogP contribution in [-0.4, -0.2) is 4.57 Å². The first-order chi connectivity index (χ1) is 25.3. The van der Waals surface area contributed by atoms with Gasteiger partial charge in [0.15, 0.2) is 0 Å². The summed E-state index contributed by atoms with van der Waals surface area (Å²) in [7, 11) is 0.